The molecular formula is C8H15Cr. The fraction of sp³-hybridized carbons (Fsp3) is 0.750. The van der Waals surface area contributed by atoms with Gasteiger partial charge in [-0.05, 0) is 0 Å². The molecule has 9 heavy (non-hydrogen) atoms. The van der Waals surface area contributed by atoms with E-state index in [1.807, 2.05) is 0 Å². The van der Waals surface area contributed by atoms with Crippen LogP contribution in [0.3, 0.4) is 0 Å². The van der Waals surface area contributed by atoms with Crippen LogP contribution in [0.5, 0.6) is 0 Å². The van der Waals surface area contributed by atoms with Crippen LogP contribution in [0.4, 0.5) is 0 Å². The molecule has 0 aliphatic heterocycles. The Bertz CT molecular complexity index is 59.6. The molecule has 0 saturated heterocycles. The molecule has 0 fully saturated rings. The van der Waals surface area contributed by atoms with Crippen molar-refractivity contribution in [1.82, 2.24) is 0 Å². The standard InChI is InChI=1S/C5H11.C3H4.Cr/c1-3-5-4-2;1-3-2;/h1,3-5H2,2H3;1,3H,2H2;. The topological polar surface area (TPSA) is 0 Å². The van der Waals surface area contributed by atoms with Crippen LogP contribution >= 0.6 is 0 Å². The molecule has 0 aromatic heterocycles. The molecule has 0 aliphatic rings. The summed E-state index contributed by atoms with van der Waals surface area (Å²) in [5, 5.41) is 2.56. The van der Waals surface area contributed by atoms with E-state index in [0.717, 1.165) is 20.5 Å². The average Bonchev–Trinajstić information content (AvgIpc) is 1.89. The molecule has 1 heteroatoms. The van der Waals surface area contributed by atoms with Gasteiger partial charge in [0.1, 0.15) is 0 Å². The van der Waals surface area contributed by atoms with Gasteiger partial charge >= 0.3 is 64.6 Å². The van der Waals surface area contributed by atoms with E-state index in [-0.39, 0.29) is 0 Å². The van der Waals surface area contributed by atoms with Crippen molar-refractivity contribution in [3.8, 4) is 0 Å². The van der Waals surface area contributed by atoms with Gasteiger partial charge in [-0.25, -0.2) is 0 Å². The van der Waals surface area contributed by atoms with Crippen LogP contribution < -0.4 is 0 Å². The summed E-state index contributed by atoms with van der Waals surface area (Å²) in [6.07, 6.45) is 5.92. The number of unbranched alkanes of at least 4 members (excludes halogenated alkanes) is 2. The Labute approximate surface area is 65.1 Å². The minimum atomic E-state index is 0.796. The van der Waals surface area contributed by atoms with Crippen LogP contribution in [0.25, 0.3) is 0 Å². The first-order valence-electron chi connectivity index (χ1n) is 3.53. The van der Waals surface area contributed by atoms with Gasteiger partial charge in [-0.2, -0.15) is 0 Å². The Morgan fingerprint density at radius 2 is 2.22 bits per heavy atom. The van der Waals surface area contributed by atoms with Gasteiger partial charge in [0.25, 0.3) is 0 Å². The summed E-state index contributed by atoms with van der Waals surface area (Å²) in [4.78, 5) is 0. The molecule has 0 atom stereocenters. The van der Waals surface area contributed by atoms with Crippen LogP contribution in [0.1, 0.15) is 26.2 Å². The molecule has 0 rings (SSSR count). The Morgan fingerprint density at radius 3 is 2.78 bits per heavy atom. The van der Waals surface area contributed by atoms with Gasteiger partial charge in [-0.3, -0.25) is 0 Å². The van der Waals surface area contributed by atoms with Crippen LogP contribution in [0.15, 0.2) is 6.08 Å². The summed E-state index contributed by atoms with van der Waals surface area (Å²) in [6.45, 7) is 7.47. The fourth-order valence-electron chi connectivity index (χ4n) is 0.605. The van der Waals surface area contributed by atoms with Gasteiger partial charge < -0.3 is 0 Å². The van der Waals surface area contributed by atoms with Gasteiger partial charge in [0, 0.05) is 0 Å². The van der Waals surface area contributed by atoms with Crippen LogP contribution in [-0.2, 0) is 15.2 Å². The Kier molecular flexibility index (Phi) is 8.52. The Hall–Kier alpha value is 0.272. The predicted octanol–water partition coefficient (Wildman–Crippen LogP) is 3.08. The number of rotatable bonds is 6. The zero-order valence-electron chi connectivity index (χ0n) is 6.10. The van der Waals surface area contributed by atoms with E-state index in [9.17, 15) is 0 Å². The zero-order chi connectivity index (χ0) is 6.95. The number of hydrogen-bond donors (Lipinski definition) is 0. The third-order valence-corrected chi connectivity index (χ3v) is 2.68. The first-order chi connectivity index (χ1) is 4.41. The second-order valence-corrected chi connectivity index (χ2v) is 3.81. The molecule has 0 nitrogen and oxygen atoms in total. The molecule has 0 bridgehead atoms. The molecule has 1 radical (unpaired) electrons. The summed E-state index contributed by atoms with van der Waals surface area (Å²) in [7, 11) is 0. The summed E-state index contributed by atoms with van der Waals surface area (Å²) in [5.41, 5.74) is 0. The van der Waals surface area contributed by atoms with E-state index >= 15 is 0 Å². The molecule has 0 N–H and O–H groups in total. The third kappa shape index (κ3) is 8.27. The predicted molar refractivity (Wildman–Crippen MR) is 38.0 cm³/mol. The summed E-state index contributed by atoms with van der Waals surface area (Å²) >= 11 is 0.796. The zero-order valence-corrected chi connectivity index (χ0v) is 7.37. The van der Waals surface area contributed by atoms with Gasteiger partial charge in [0.05, 0.1) is 0 Å². The Morgan fingerprint density at radius 1 is 1.44 bits per heavy atom. The van der Waals surface area contributed by atoms with Gasteiger partial charge in [0.15, 0.2) is 0 Å². The molecule has 0 aliphatic carbocycles. The van der Waals surface area contributed by atoms with Crippen molar-refractivity contribution in [3.05, 3.63) is 12.7 Å². The molecule has 0 spiro atoms. The molecule has 53 valence electrons. The van der Waals surface area contributed by atoms with Gasteiger partial charge in [0.2, 0.25) is 0 Å². The van der Waals surface area contributed by atoms with E-state index in [4.69, 9.17) is 6.58 Å². The van der Waals surface area contributed by atoms with Crippen molar-refractivity contribution in [1.29, 1.82) is 0 Å². The normalized spacial score (nSPS) is 9.44. The first kappa shape index (κ1) is 9.27. The molecule has 0 amide bonds. The van der Waals surface area contributed by atoms with Gasteiger partial charge in [-0.15, -0.1) is 0 Å². The monoisotopic (exact) mass is 163 g/mol. The van der Waals surface area contributed by atoms with Crippen LogP contribution in [0, 0.1) is 6.58 Å². The van der Waals surface area contributed by atoms with Crippen LogP contribution in [-0.4, -0.2) is 0 Å². The molecule has 0 aromatic rings. The van der Waals surface area contributed by atoms with Crippen molar-refractivity contribution in [2.75, 3.05) is 0 Å². The Balaban J connectivity index is 2.66. The average molecular weight is 163 g/mol. The van der Waals surface area contributed by atoms with Crippen molar-refractivity contribution < 1.29 is 15.2 Å². The van der Waals surface area contributed by atoms with Gasteiger partial charge in [-0.1, -0.05) is 0 Å². The van der Waals surface area contributed by atoms with E-state index < -0.39 is 0 Å². The van der Waals surface area contributed by atoms with Crippen molar-refractivity contribution in [2.45, 2.75) is 36.8 Å². The van der Waals surface area contributed by atoms with E-state index in [1.165, 1.54) is 24.5 Å². The molecule has 0 saturated carbocycles. The maximum absolute atomic E-state index is 5.23. The second-order valence-electron chi connectivity index (χ2n) is 2.02. The molecular weight excluding hydrogens is 148 g/mol. The third-order valence-electron chi connectivity index (χ3n) is 1.11. The van der Waals surface area contributed by atoms with E-state index in [2.05, 4.69) is 6.92 Å². The summed E-state index contributed by atoms with van der Waals surface area (Å²) in [5.74, 6) is 0. The van der Waals surface area contributed by atoms with E-state index in [1.54, 1.807) is 6.08 Å². The van der Waals surface area contributed by atoms with E-state index in [0.29, 0.717) is 0 Å². The second kappa shape index (κ2) is 8.27. The fourth-order valence-corrected chi connectivity index (χ4v) is 1.72. The van der Waals surface area contributed by atoms with Crippen molar-refractivity contribution in [3.63, 3.8) is 0 Å². The molecule has 0 heterocycles. The first-order valence-corrected chi connectivity index (χ1v) is 5.33. The summed E-state index contributed by atoms with van der Waals surface area (Å²) < 4.78 is 0. The number of hydrogen-bond acceptors (Lipinski definition) is 0. The maximum atomic E-state index is 5.23. The SMILES string of the molecule is [CH]=C[CH2][Cr][CH2]CCCC. The summed E-state index contributed by atoms with van der Waals surface area (Å²) in [6, 6.07) is 0. The number of allylic oxidation sites excluding steroid dienone is 1. The van der Waals surface area contributed by atoms with Crippen LogP contribution in [0.2, 0.25) is 10.6 Å². The molecule has 0 unspecified atom stereocenters. The van der Waals surface area contributed by atoms with Crippen molar-refractivity contribution in [2.24, 2.45) is 0 Å². The minimum absolute atomic E-state index is 0.796. The quantitative estimate of drug-likeness (QED) is 0.528. The molecule has 0 aromatic carbocycles. The van der Waals surface area contributed by atoms with Crippen molar-refractivity contribution >= 4 is 0 Å².